The highest BCUT2D eigenvalue weighted by molar-refractivity contribution is 7.47. The third-order valence-electron chi connectivity index (χ3n) is 10.9. The number of nitrogens with one attached hydrogen (secondary N) is 1. The lowest BCUT2D eigenvalue weighted by atomic mass is 10.0. The summed E-state index contributed by atoms with van der Waals surface area (Å²) in [6.07, 6.45) is 59.8. The van der Waals surface area contributed by atoms with E-state index in [2.05, 4.69) is 79.9 Å². The highest BCUT2D eigenvalue weighted by atomic mass is 31.2. The van der Waals surface area contributed by atoms with Crippen LogP contribution in [0.3, 0.4) is 0 Å². The van der Waals surface area contributed by atoms with E-state index in [0.29, 0.717) is 17.4 Å². The third-order valence-corrected chi connectivity index (χ3v) is 11.9. The zero-order valence-electron chi connectivity index (χ0n) is 40.8. The molecule has 8 nitrogen and oxygen atoms in total. The van der Waals surface area contributed by atoms with Crippen LogP contribution in [0, 0.1) is 0 Å². The van der Waals surface area contributed by atoms with Gasteiger partial charge in [-0.1, -0.05) is 202 Å². The first-order valence-corrected chi connectivity index (χ1v) is 26.8. The van der Waals surface area contributed by atoms with Gasteiger partial charge in [0.05, 0.1) is 39.9 Å². The Balaban J connectivity index is 4.41. The normalized spacial score (nSPS) is 14.8. The van der Waals surface area contributed by atoms with Crippen molar-refractivity contribution in [1.82, 2.24) is 5.32 Å². The lowest BCUT2D eigenvalue weighted by Crippen LogP contribution is -2.45. The summed E-state index contributed by atoms with van der Waals surface area (Å²) in [5.74, 6) is -0.203. The molecule has 3 unspecified atom stereocenters. The second-order valence-electron chi connectivity index (χ2n) is 18.2. The fourth-order valence-corrected chi connectivity index (χ4v) is 7.67. The molecule has 0 aliphatic carbocycles. The second kappa shape index (κ2) is 44.2. The zero-order chi connectivity index (χ0) is 45.7. The summed E-state index contributed by atoms with van der Waals surface area (Å²) in [5.41, 5.74) is 0. The highest BCUT2D eigenvalue weighted by Gasteiger charge is 2.27. The van der Waals surface area contributed by atoms with Gasteiger partial charge in [-0.2, -0.15) is 0 Å². The van der Waals surface area contributed by atoms with Crippen LogP contribution in [0.15, 0.2) is 72.9 Å². The van der Waals surface area contributed by atoms with Gasteiger partial charge in [0.1, 0.15) is 13.2 Å². The molecule has 9 heteroatoms. The minimum atomic E-state index is -4.36. The molecule has 0 aromatic rings. The molecule has 0 aliphatic heterocycles. The highest BCUT2D eigenvalue weighted by Crippen LogP contribution is 2.43. The van der Waals surface area contributed by atoms with Crippen LogP contribution in [0.2, 0.25) is 0 Å². The Morgan fingerprint density at radius 3 is 1.48 bits per heavy atom. The molecule has 0 heterocycles. The Morgan fingerprint density at radius 1 is 0.565 bits per heavy atom. The van der Waals surface area contributed by atoms with Crippen molar-refractivity contribution in [2.75, 3.05) is 40.9 Å². The van der Waals surface area contributed by atoms with Gasteiger partial charge in [-0.3, -0.25) is 13.8 Å². The lowest BCUT2D eigenvalue weighted by Gasteiger charge is -2.25. The van der Waals surface area contributed by atoms with E-state index < -0.39 is 20.0 Å². The number of amides is 1. The number of nitrogens with zero attached hydrogens (tertiary/aromatic N) is 1. The number of carbonyl (C=O) groups excluding carboxylic acids is 1. The Bertz CT molecular complexity index is 1240. The minimum Gasteiger partial charge on any atom is -0.387 e. The third kappa shape index (κ3) is 45.9. The minimum absolute atomic E-state index is 0.0498. The van der Waals surface area contributed by atoms with Crippen molar-refractivity contribution in [3.05, 3.63) is 72.9 Å². The molecule has 0 aromatic carbocycles. The summed E-state index contributed by atoms with van der Waals surface area (Å²) in [4.78, 5) is 23.2. The molecule has 0 fully saturated rings. The van der Waals surface area contributed by atoms with Crippen molar-refractivity contribution < 1.29 is 32.9 Å². The molecule has 360 valence electrons. The number of aliphatic hydroxyl groups is 1. The average molecular weight is 890 g/mol. The van der Waals surface area contributed by atoms with Gasteiger partial charge in [-0.15, -0.1) is 0 Å². The molecule has 0 rings (SSSR count). The first kappa shape index (κ1) is 59.9. The number of aliphatic hydroxyl groups excluding tert-OH is 1. The topological polar surface area (TPSA) is 105 Å². The van der Waals surface area contributed by atoms with Gasteiger partial charge in [0.2, 0.25) is 5.91 Å². The predicted octanol–water partition coefficient (Wildman–Crippen LogP) is 14.8. The number of likely N-dealkylation sites (N-methyl/N-ethyl adjacent to an activating group) is 1. The van der Waals surface area contributed by atoms with E-state index in [0.717, 1.165) is 77.0 Å². The fourth-order valence-electron chi connectivity index (χ4n) is 6.93. The van der Waals surface area contributed by atoms with E-state index in [1.54, 1.807) is 6.08 Å². The van der Waals surface area contributed by atoms with E-state index in [4.69, 9.17) is 9.05 Å². The van der Waals surface area contributed by atoms with Crippen molar-refractivity contribution in [1.29, 1.82) is 0 Å². The number of carbonyl (C=O) groups is 1. The Kier molecular flexibility index (Phi) is 42.7. The van der Waals surface area contributed by atoms with Gasteiger partial charge in [0.25, 0.3) is 0 Å². The summed E-state index contributed by atoms with van der Waals surface area (Å²) >= 11 is 0. The maximum atomic E-state index is 12.9. The smallest absolute Gasteiger partial charge is 0.387 e. The summed E-state index contributed by atoms with van der Waals surface area (Å²) in [6, 6.07) is -0.875. The lowest BCUT2D eigenvalue weighted by molar-refractivity contribution is -0.870. The van der Waals surface area contributed by atoms with E-state index in [9.17, 15) is 19.4 Å². The molecule has 0 saturated heterocycles. The molecule has 0 radical (unpaired) electrons. The van der Waals surface area contributed by atoms with E-state index in [-0.39, 0.29) is 19.1 Å². The van der Waals surface area contributed by atoms with Crippen LogP contribution in [0.25, 0.3) is 0 Å². The molecule has 0 bridgehead atoms. The molecule has 0 aliphatic rings. The van der Waals surface area contributed by atoms with Crippen LogP contribution in [-0.4, -0.2) is 73.4 Å². The number of allylic oxidation sites excluding steroid dienone is 11. The van der Waals surface area contributed by atoms with Crippen LogP contribution in [0.4, 0.5) is 0 Å². The molecule has 0 spiro atoms. The van der Waals surface area contributed by atoms with Gasteiger partial charge in [-0.25, -0.2) is 4.57 Å². The molecular formula is C53H98N2O6P+. The van der Waals surface area contributed by atoms with Gasteiger partial charge in [-0.05, 0) is 70.6 Å². The summed E-state index contributed by atoms with van der Waals surface area (Å²) in [5, 5.41) is 13.9. The molecule has 3 N–H and O–H groups in total. The number of phosphoric acid groups is 1. The van der Waals surface area contributed by atoms with E-state index in [1.807, 2.05) is 27.2 Å². The zero-order valence-corrected chi connectivity index (χ0v) is 41.7. The largest absolute Gasteiger partial charge is 0.472 e. The average Bonchev–Trinajstić information content (AvgIpc) is 3.23. The van der Waals surface area contributed by atoms with E-state index >= 15 is 0 Å². The van der Waals surface area contributed by atoms with Crippen molar-refractivity contribution in [3.8, 4) is 0 Å². The summed E-state index contributed by atoms with van der Waals surface area (Å²) in [7, 11) is 1.53. The van der Waals surface area contributed by atoms with Crippen LogP contribution < -0.4 is 5.32 Å². The van der Waals surface area contributed by atoms with Gasteiger partial charge >= 0.3 is 7.82 Å². The first-order chi connectivity index (χ1) is 30.0. The van der Waals surface area contributed by atoms with Crippen LogP contribution in [0.1, 0.15) is 206 Å². The van der Waals surface area contributed by atoms with E-state index in [1.165, 1.54) is 109 Å². The predicted molar refractivity (Wildman–Crippen MR) is 267 cm³/mol. The van der Waals surface area contributed by atoms with Gasteiger partial charge < -0.3 is 19.8 Å². The molecule has 1 amide bonds. The summed E-state index contributed by atoms with van der Waals surface area (Å²) < 4.78 is 23.6. The number of unbranched alkanes of at least 4 members (excludes halogenated alkanes) is 22. The number of quaternary nitrogens is 1. The van der Waals surface area contributed by atoms with Crippen LogP contribution in [0.5, 0.6) is 0 Å². The van der Waals surface area contributed by atoms with Crippen molar-refractivity contribution in [3.63, 3.8) is 0 Å². The van der Waals surface area contributed by atoms with Gasteiger partial charge in [0, 0.05) is 6.42 Å². The van der Waals surface area contributed by atoms with Crippen molar-refractivity contribution in [2.24, 2.45) is 0 Å². The number of hydrogen-bond acceptors (Lipinski definition) is 5. The monoisotopic (exact) mass is 890 g/mol. The first-order valence-electron chi connectivity index (χ1n) is 25.3. The fraction of sp³-hybridized carbons (Fsp3) is 0.755. The molecule has 3 atom stereocenters. The maximum Gasteiger partial charge on any atom is 0.472 e. The summed E-state index contributed by atoms with van der Waals surface area (Å²) in [6.45, 7) is 4.67. The van der Waals surface area contributed by atoms with Gasteiger partial charge in [0.15, 0.2) is 0 Å². The standard InChI is InChI=1S/C53H97N2O6P/c1-6-8-10-12-14-16-18-20-22-24-26-27-29-30-32-34-36-38-40-42-44-46-52(56)51(50-61-62(58,59)60-49-48-55(3,4)5)54-53(57)47-45-43-41-39-37-35-33-31-28-25-23-21-19-17-15-13-11-9-7-2/h9,11,15,17,21,23,28,31,36,38,44,46,51-52,56H,6-8,10,12-14,16,18-20,22,24-27,29-30,32-35,37,39-43,45,47-50H2,1-5H3,(H-,54,57,58,59)/p+1/b11-9-,17-15-,23-21-,31-28-,38-36+,46-44+. The SMILES string of the molecule is CC/C=C\C/C=C\C/C=C\C/C=C\CCCCCCCCC(=O)NC(COP(=O)(O)OCC[N+](C)(C)C)C(O)/C=C/CC/C=C/CCCCCCCCCCCCCCCCC. The van der Waals surface area contributed by atoms with Crippen LogP contribution in [-0.2, 0) is 18.4 Å². The van der Waals surface area contributed by atoms with Crippen molar-refractivity contribution >= 4 is 13.7 Å². The van der Waals surface area contributed by atoms with Crippen LogP contribution >= 0.6 is 7.82 Å². The Labute approximate surface area is 383 Å². The Hall–Kier alpha value is -2.06. The second-order valence-corrected chi connectivity index (χ2v) is 19.6. The number of phosphoric ester groups is 1. The number of hydrogen-bond donors (Lipinski definition) is 3. The molecule has 62 heavy (non-hydrogen) atoms. The maximum absolute atomic E-state index is 12.9. The number of rotatable bonds is 45. The quantitative estimate of drug-likeness (QED) is 0.0243. The Morgan fingerprint density at radius 2 is 0.984 bits per heavy atom. The van der Waals surface area contributed by atoms with Crippen molar-refractivity contribution in [2.45, 2.75) is 219 Å². The molecule has 0 saturated carbocycles. The molecule has 0 aromatic heterocycles. The molecular weight excluding hydrogens is 792 g/mol.